The second kappa shape index (κ2) is 6.35. The van der Waals surface area contributed by atoms with Gasteiger partial charge in [0.2, 0.25) is 5.91 Å². The van der Waals surface area contributed by atoms with E-state index in [-0.39, 0.29) is 23.5 Å². The van der Waals surface area contributed by atoms with Crippen molar-refractivity contribution in [2.75, 3.05) is 5.32 Å². The summed E-state index contributed by atoms with van der Waals surface area (Å²) in [5, 5.41) is 2.73. The number of amides is 1. The second-order valence-corrected chi connectivity index (χ2v) is 6.20. The number of anilines is 1. The molecule has 2 aromatic carbocycles. The Morgan fingerprint density at radius 2 is 1.80 bits per heavy atom. The third-order valence-electron chi connectivity index (χ3n) is 4.31. The van der Waals surface area contributed by atoms with E-state index in [9.17, 15) is 22.8 Å². The van der Waals surface area contributed by atoms with Gasteiger partial charge in [-0.05, 0) is 43.0 Å². The molecule has 2 aromatic rings. The molecule has 0 bridgehead atoms. The highest BCUT2D eigenvalue weighted by atomic mass is 19.4. The maximum Gasteiger partial charge on any atom is 0.416 e. The first kappa shape index (κ1) is 17.2. The first-order valence-electron chi connectivity index (χ1n) is 7.85. The second-order valence-electron chi connectivity index (χ2n) is 6.20. The molecule has 3 rings (SSSR count). The van der Waals surface area contributed by atoms with Crippen LogP contribution in [0.25, 0.3) is 0 Å². The van der Waals surface area contributed by atoms with Crippen LogP contribution in [0.3, 0.4) is 0 Å². The standard InChI is InChI=1S/C19H16F3NO2/c1-11(24)12-4-3-7-15(9-12)23-18(25)17-10-16(17)13-5-2-6-14(8-13)19(20,21)22/h2-9,16-17H,10H2,1H3,(H,23,25)/t16-,17+/m0/s1. The first-order chi connectivity index (χ1) is 11.8. The van der Waals surface area contributed by atoms with Crippen molar-refractivity contribution in [2.24, 2.45) is 5.92 Å². The van der Waals surface area contributed by atoms with E-state index in [0.717, 1.165) is 12.1 Å². The van der Waals surface area contributed by atoms with E-state index in [2.05, 4.69) is 5.32 Å². The maximum atomic E-state index is 12.8. The molecule has 1 aliphatic carbocycles. The summed E-state index contributed by atoms with van der Waals surface area (Å²) in [6.07, 6.45) is -3.88. The molecule has 0 aliphatic heterocycles. The predicted octanol–water partition coefficient (Wildman–Crippen LogP) is 4.65. The van der Waals surface area contributed by atoms with E-state index in [4.69, 9.17) is 0 Å². The number of ketones is 1. The molecule has 0 unspecified atom stereocenters. The van der Waals surface area contributed by atoms with Crippen molar-refractivity contribution in [1.82, 2.24) is 0 Å². The van der Waals surface area contributed by atoms with Gasteiger partial charge in [-0.2, -0.15) is 13.2 Å². The van der Waals surface area contributed by atoms with Crippen LogP contribution in [0.15, 0.2) is 48.5 Å². The molecular formula is C19H16F3NO2. The fourth-order valence-electron chi connectivity index (χ4n) is 2.85. The van der Waals surface area contributed by atoms with Crippen molar-refractivity contribution in [3.05, 3.63) is 65.2 Å². The summed E-state index contributed by atoms with van der Waals surface area (Å²) in [5.74, 6) is -0.921. The number of halogens is 3. The van der Waals surface area contributed by atoms with Gasteiger partial charge in [-0.25, -0.2) is 0 Å². The highest BCUT2D eigenvalue weighted by Gasteiger charge is 2.44. The lowest BCUT2D eigenvalue weighted by Crippen LogP contribution is -2.15. The lowest BCUT2D eigenvalue weighted by molar-refractivity contribution is -0.137. The summed E-state index contributed by atoms with van der Waals surface area (Å²) in [7, 11) is 0. The third kappa shape index (κ3) is 3.90. The number of carbonyl (C=O) groups is 2. The van der Waals surface area contributed by atoms with Gasteiger partial charge in [0.25, 0.3) is 0 Å². The minimum atomic E-state index is -4.39. The zero-order valence-electron chi connectivity index (χ0n) is 13.4. The molecule has 25 heavy (non-hydrogen) atoms. The van der Waals surface area contributed by atoms with E-state index in [1.807, 2.05) is 0 Å². The molecule has 0 radical (unpaired) electrons. The van der Waals surface area contributed by atoms with Gasteiger partial charge in [0.05, 0.1) is 5.56 Å². The van der Waals surface area contributed by atoms with Gasteiger partial charge in [0.15, 0.2) is 5.78 Å². The predicted molar refractivity (Wildman–Crippen MR) is 87.4 cm³/mol. The van der Waals surface area contributed by atoms with Gasteiger partial charge in [-0.3, -0.25) is 9.59 Å². The van der Waals surface area contributed by atoms with Crippen molar-refractivity contribution in [3.8, 4) is 0 Å². The van der Waals surface area contributed by atoms with Gasteiger partial charge in [0.1, 0.15) is 0 Å². The lowest BCUT2D eigenvalue weighted by Gasteiger charge is -2.09. The van der Waals surface area contributed by atoms with Crippen molar-refractivity contribution < 1.29 is 22.8 Å². The Hall–Kier alpha value is -2.63. The van der Waals surface area contributed by atoms with Gasteiger partial charge >= 0.3 is 6.18 Å². The maximum absolute atomic E-state index is 12.8. The summed E-state index contributed by atoms with van der Waals surface area (Å²) in [6, 6.07) is 11.7. The van der Waals surface area contributed by atoms with Crippen LogP contribution in [-0.4, -0.2) is 11.7 Å². The molecule has 0 aromatic heterocycles. The number of Topliss-reactive ketones (excluding diaryl/α,β-unsaturated/α-hetero) is 1. The molecular weight excluding hydrogens is 331 g/mol. The summed E-state index contributed by atoms with van der Waals surface area (Å²) < 4.78 is 38.4. The van der Waals surface area contributed by atoms with Crippen molar-refractivity contribution in [3.63, 3.8) is 0 Å². The molecule has 1 saturated carbocycles. The smallest absolute Gasteiger partial charge is 0.326 e. The number of hydrogen-bond donors (Lipinski definition) is 1. The molecule has 1 amide bonds. The molecule has 130 valence electrons. The Labute approximate surface area is 142 Å². The van der Waals surface area contributed by atoms with Crippen LogP contribution in [0, 0.1) is 5.92 Å². The number of alkyl halides is 3. The van der Waals surface area contributed by atoms with Gasteiger partial charge in [-0.15, -0.1) is 0 Å². The highest BCUT2D eigenvalue weighted by molar-refractivity contribution is 5.98. The number of benzene rings is 2. The van der Waals surface area contributed by atoms with E-state index < -0.39 is 11.7 Å². The molecule has 1 fully saturated rings. The van der Waals surface area contributed by atoms with Crippen LogP contribution in [0.2, 0.25) is 0 Å². The van der Waals surface area contributed by atoms with Crippen molar-refractivity contribution in [2.45, 2.75) is 25.4 Å². The Bertz CT molecular complexity index is 829. The third-order valence-corrected chi connectivity index (χ3v) is 4.31. The van der Waals surface area contributed by atoms with Crippen LogP contribution in [0.5, 0.6) is 0 Å². The Morgan fingerprint density at radius 1 is 1.08 bits per heavy atom. The minimum Gasteiger partial charge on any atom is -0.326 e. The fraction of sp³-hybridized carbons (Fsp3) is 0.263. The molecule has 0 heterocycles. The lowest BCUT2D eigenvalue weighted by atomic mass is 10.1. The fourth-order valence-corrected chi connectivity index (χ4v) is 2.85. The minimum absolute atomic E-state index is 0.107. The average molecular weight is 347 g/mol. The Morgan fingerprint density at radius 3 is 2.48 bits per heavy atom. The monoisotopic (exact) mass is 347 g/mol. The molecule has 3 nitrogen and oxygen atoms in total. The van der Waals surface area contributed by atoms with E-state index in [0.29, 0.717) is 23.2 Å². The van der Waals surface area contributed by atoms with E-state index in [1.165, 1.54) is 13.0 Å². The number of nitrogens with one attached hydrogen (secondary N) is 1. The van der Waals surface area contributed by atoms with Crippen LogP contribution < -0.4 is 5.32 Å². The number of hydrogen-bond acceptors (Lipinski definition) is 2. The Balaban J connectivity index is 1.68. The highest BCUT2D eigenvalue weighted by Crippen LogP contribution is 2.48. The van der Waals surface area contributed by atoms with E-state index in [1.54, 1.807) is 30.3 Å². The molecule has 6 heteroatoms. The zero-order valence-corrected chi connectivity index (χ0v) is 13.4. The normalized spacial score (nSPS) is 19.4. The van der Waals surface area contributed by atoms with Gasteiger partial charge in [0, 0.05) is 17.2 Å². The summed E-state index contributed by atoms with van der Waals surface area (Å²) in [6.45, 7) is 1.44. The largest absolute Gasteiger partial charge is 0.416 e. The first-order valence-corrected chi connectivity index (χ1v) is 7.85. The molecule has 0 saturated heterocycles. The molecule has 2 atom stereocenters. The van der Waals surface area contributed by atoms with Gasteiger partial charge in [-0.1, -0.05) is 30.3 Å². The zero-order chi connectivity index (χ0) is 18.2. The van der Waals surface area contributed by atoms with Crippen LogP contribution in [-0.2, 0) is 11.0 Å². The number of carbonyl (C=O) groups excluding carboxylic acids is 2. The van der Waals surface area contributed by atoms with Gasteiger partial charge < -0.3 is 5.32 Å². The van der Waals surface area contributed by atoms with Crippen LogP contribution in [0.1, 0.15) is 40.7 Å². The average Bonchev–Trinajstić information content (AvgIpc) is 3.35. The quantitative estimate of drug-likeness (QED) is 0.819. The SMILES string of the molecule is CC(=O)c1cccc(NC(=O)[C@@H]2C[C@H]2c2cccc(C(F)(F)F)c2)c1. The van der Waals surface area contributed by atoms with Crippen LogP contribution >= 0.6 is 0 Å². The molecule has 0 spiro atoms. The summed E-state index contributed by atoms with van der Waals surface area (Å²) in [4.78, 5) is 23.7. The number of rotatable bonds is 4. The van der Waals surface area contributed by atoms with Crippen LogP contribution in [0.4, 0.5) is 18.9 Å². The Kier molecular flexibility index (Phi) is 4.37. The molecule has 1 N–H and O–H groups in total. The summed E-state index contributed by atoms with van der Waals surface area (Å²) >= 11 is 0. The molecule has 1 aliphatic rings. The van der Waals surface area contributed by atoms with Crippen molar-refractivity contribution >= 4 is 17.4 Å². The van der Waals surface area contributed by atoms with E-state index >= 15 is 0 Å². The topological polar surface area (TPSA) is 46.2 Å². The van der Waals surface area contributed by atoms with Crippen molar-refractivity contribution in [1.29, 1.82) is 0 Å². The summed E-state index contributed by atoms with van der Waals surface area (Å²) in [5.41, 5.74) is 0.813.